The molecule has 0 fully saturated rings. The van der Waals surface area contributed by atoms with E-state index >= 15 is 0 Å². The van der Waals surface area contributed by atoms with Crippen LogP contribution in [0.25, 0.3) is 0 Å². The SMILES string of the molecule is CC1=C(C)C(C)(C)C(CO)=C1C.Cl.Cl.[Hf]. The predicted molar refractivity (Wildman–Crippen MR) is 66.4 cm³/mol. The van der Waals surface area contributed by atoms with Crippen molar-refractivity contribution in [1.82, 2.24) is 0 Å². The number of halogens is 2. The Labute approximate surface area is 124 Å². The second kappa shape index (κ2) is 7.26. The molecule has 88 valence electrons. The molecule has 0 aromatic carbocycles. The third kappa shape index (κ3) is 3.42. The number of rotatable bonds is 1. The zero-order valence-electron chi connectivity index (χ0n) is 9.97. The first kappa shape index (κ1) is 21.2. The minimum atomic E-state index is 0. The Bertz CT molecular complexity index is 280. The fourth-order valence-corrected chi connectivity index (χ4v) is 1.99. The van der Waals surface area contributed by atoms with Gasteiger partial charge in [0.1, 0.15) is 0 Å². The van der Waals surface area contributed by atoms with Gasteiger partial charge in [-0.3, -0.25) is 0 Å². The number of aliphatic hydroxyl groups excluding tert-OH is 1. The second-order valence-electron chi connectivity index (χ2n) is 4.14. The van der Waals surface area contributed by atoms with E-state index in [9.17, 15) is 5.11 Å². The molecule has 0 heterocycles. The van der Waals surface area contributed by atoms with Crippen LogP contribution in [0.3, 0.4) is 0 Å². The quantitative estimate of drug-likeness (QED) is 0.648. The van der Waals surface area contributed by atoms with Crippen molar-refractivity contribution in [3.05, 3.63) is 22.3 Å². The van der Waals surface area contributed by atoms with Gasteiger partial charge in [0.25, 0.3) is 0 Å². The topological polar surface area (TPSA) is 20.2 Å². The largest absolute Gasteiger partial charge is 0.392 e. The van der Waals surface area contributed by atoms with Crippen molar-refractivity contribution in [3.63, 3.8) is 0 Å². The van der Waals surface area contributed by atoms with Gasteiger partial charge in [0.2, 0.25) is 0 Å². The van der Waals surface area contributed by atoms with Crippen molar-refractivity contribution in [2.45, 2.75) is 34.6 Å². The minimum Gasteiger partial charge on any atom is -0.392 e. The van der Waals surface area contributed by atoms with Gasteiger partial charge in [0.05, 0.1) is 6.61 Å². The van der Waals surface area contributed by atoms with Crippen LogP contribution in [-0.2, 0) is 25.8 Å². The summed E-state index contributed by atoms with van der Waals surface area (Å²) in [5.41, 5.74) is 5.27. The van der Waals surface area contributed by atoms with Crippen LogP contribution in [0, 0.1) is 5.41 Å². The van der Waals surface area contributed by atoms with Gasteiger partial charge in [-0.25, -0.2) is 0 Å². The molecule has 15 heavy (non-hydrogen) atoms. The Morgan fingerprint density at radius 3 is 1.53 bits per heavy atom. The van der Waals surface area contributed by atoms with Crippen LogP contribution in [0.2, 0.25) is 0 Å². The summed E-state index contributed by atoms with van der Waals surface area (Å²) in [6.07, 6.45) is 0. The third-order valence-electron chi connectivity index (χ3n) is 3.43. The number of allylic oxidation sites excluding steroid dienone is 3. The predicted octanol–water partition coefficient (Wildman–Crippen LogP) is 3.51. The Balaban J connectivity index is -0.000000480. The van der Waals surface area contributed by atoms with Crippen molar-refractivity contribution in [2.75, 3.05) is 6.61 Å². The molecular formula is C11H20Cl2HfO. The summed E-state index contributed by atoms with van der Waals surface area (Å²) >= 11 is 0. The molecule has 1 N–H and O–H groups in total. The van der Waals surface area contributed by atoms with Crippen molar-refractivity contribution < 1.29 is 30.9 Å². The molecule has 0 saturated heterocycles. The number of hydrogen-bond acceptors (Lipinski definition) is 1. The second-order valence-corrected chi connectivity index (χ2v) is 4.14. The van der Waals surface area contributed by atoms with E-state index in [0.717, 1.165) is 0 Å². The molecule has 0 saturated carbocycles. The molecule has 0 aromatic rings. The summed E-state index contributed by atoms with van der Waals surface area (Å²) in [7, 11) is 0. The first-order valence-electron chi connectivity index (χ1n) is 4.42. The normalized spacial score (nSPS) is 18.0. The average Bonchev–Trinajstić information content (AvgIpc) is 2.13. The molecule has 0 unspecified atom stereocenters. The van der Waals surface area contributed by atoms with E-state index in [1.54, 1.807) is 0 Å². The summed E-state index contributed by atoms with van der Waals surface area (Å²) in [5, 5.41) is 9.22. The van der Waals surface area contributed by atoms with E-state index in [4.69, 9.17) is 0 Å². The first-order valence-corrected chi connectivity index (χ1v) is 4.42. The van der Waals surface area contributed by atoms with E-state index < -0.39 is 0 Å². The number of aliphatic hydroxyl groups is 1. The van der Waals surface area contributed by atoms with Crippen molar-refractivity contribution >= 4 is 24.8 Å². The molecule has 1 aliphatic carbocycles. The Hall–Kier alpha value is 0.890. The van der Waals surface area contributed by atoms with Crippen LogP contribution in [0.5, 0.6) is 0 Å². The van der Waals surface area contributed by atoms with Gasteiger partial charge in [-0.05, 0) is 37.5 Å². The molecule has 1 rings (SSSR count). The minimum absolute atomic E-state index is 0. The smallest absolute Gasteiger partial charge is 0.0655 e. The zero-order chi connectivity index (χ0) is 9.52. The van der Waals surface area contributed by atoms with Crippen LogP contribution < -0.4 is 0 Å². The number of hydrogen-bond donors (Lipinski definition) is 1. The van der Waals surface area contributed by atoms with E-state index in [-0.39, 0.29) is 62.7 Å². The van der Waals surface area contributed by atoms with Gasteiger partial charge in [0, 0.05) is 31.3 Å². The molecule has 1 aliphatic rings. The van der Waals surface area contributed by atoms with Gasteiger partial charge in [-0.1, -0.05) is 19.4 Å². The summed E-state index contributed by atoms with van der Waals surface area (Å²) in [5.74, 6) is 0. The van der Waals surface area contributed by atoms with Crippen molar-refractivity contribution in [2.24, 2.45) is 5.41 Å². The van der Waals surface area contributed by atoms with E-state index in [1.165, 1.54) is 22.3 Å². The van der Waals surface area contributed by atoms with Crippen LogP contribution in [-0.4, -0.2) is 11.7 Å². The van der Waals surface area contributed by atoms with Crippen LogP contribution in [0.15, 0.2) is 22.3 Å². The maximum Gasteiger partial charge on any atom is 0.0655 e. The maximum atomic E-state index is 9.22. The Morgan fingerprint density at radius 1 is 1.00 bits per heavy atom. The molecule has 0 aromatic heterocycles. The molecule has 1 nitrogen and oxygen atoms in total. The molecule has 0 bridgehead atoms. The summed E-state index contributed by atoms with van der Waals surface area (Å²) in [6.45, 7) is 10.9. The zero-order valence-corrected chi connectivity index (χ0v) is 15.2. The van der Waals surface area contributed by atoms with Crippen molar-refractivity contribution in [1.29, 1.82) is 0 Å². The summed E-state index contributed by atoms with van der Waals surface area (Å²) < 4.78 is 0. The fourth-order valence-electron chi connectivity index (χ4n) is 1.99. The standard InChI is InChI=1S/C11H18O.2ClH.Hf/c1-7-8(2)10(6-12)11(4,5)9(7)3;;;/h12H,6H2,1-5H3;2*1H;. The van der Waals surface area contributed by atoms with E-state index in [0.29, 0.717) is 0 Å². The summed E-state index contributed by atoms with van der Waals surface area (Å²) in [6, 6.07) is 0. The molecule has 0 amide bonds. The van der Waals surface area contributed by atoms with Crippen molar-refractivity contribution in [3.8, 4) is 0 Å². The molecule has 4 heteroatoms. The van der Waals surface area contributed by atoms with Crippen LogP contribution in [0.1, 0.15) is 34.6 Å². The Morgan fingerprint density at radius 2 is 1.40 bits per heavy atom. The van der Waals surface area contributed by atoms with Gasteiger partial charge in [-0.2, -0.15) is 0 Å². The van der Waals surface area contributed by atoms with Crippen LogP contribution in [0.4, 0.5) is 0 Å². The summed E-state index contributed by atoms with van der Waals surface area (Å²) in [4.78, 5) is 0. The average molecular weight is 418 g/mol. The molecule has 0 radical (unpaired) electrons. The first-order chi connectivity index (χ1) is 5.42. The molecular weight excluding hydrogens is 398 g/mol. The third-order valence-corrected chi connectivity index (χ3v) is 3.43. The molecule has 0 atom stereocenters. The monoisotopic (exact) mass is 418 g/mol. The molecule has 0 aliphatic heterocycles. The Kier molecular flexibility index (Phi) is 10.3. The fraction of sp³-hybridized carbons (Fsp3) is 0.636. The van der Waals surface area contributed by atoms with Gasteiger partial charge < -0.3 is 5.11 Å². The van der Waals surface area contributed by atoms with Crippen LogP contribution >= 0.6 is 24.8 Å². The van der Waals surface area contributed by atoms with Gasteiger partial charge in [-0.15, -0.1) is 24.8 Å². The van der Waals surface area contributed by atoms with E-state index in [2.05, 4.69) is 34.6 Å². The van der Waals surface area contributed by atoms with Gasteiger partial charge >= 0.3 is 0 Å². The molecule has 0 spiro atoms. The maximum absolute atomic E-state index is 9.22. The van der Waals surface area contributed by atoms with Gasteiger partial charge in [0.15, 0.2) is 0 Å². The van der Waals surface area contributed by atoms with E-state index in [1.807, 2.05) is 0 Å².